The number of aromatic nitrogens is 3. The van der Waals surface area contributed by atoms with E-state index in [1.165, 1.54) is 30.8 Å². The molecule has 0 fully saturated rings. The second kappa shape index (κ2) is 7.36. The molecule has 1 amide bonds. The number of aryl methyl sites for hydroxylation is 1. The van der Waals surface area contributed by atoms with E-state index in [4.69, 9.17) is 11.6 Å². The Kier molecular flexibility index (Phi) is 5.14. The van der Waals surface area contributed by atoms with Gasteiger partial charge in [0.2, 0.25) is 0 Å². The average molecular weight is 387 g/mol. The SMILES string of the molecule is C[C@@H](Cc1ccc(Cl)cc1)NC(=O)c1ccc2c(=O)n(C)c(=O)n(C)c2n1. The van der Waals surface area contributed by atoms with Crippen molar-refractivity contribution in [3.05, 3.63) is 73.5 Å². The van der Waals surface area contributed by atoms with E-state index < -0.39 is 11.2 Å². The van der Waals surface area contributed by atoms with Crippen LogP contribution in [0, 0.1) is 0 Å². The summed E-state index contributed by atoms with van der Waals surface area (Å²) in [5.41, 5.74) is 0.441. The topological polar surface area (TPSA) is 86.0 Å². The van der Waals surface area contributed by atoms with Gasteiger partial charge in [-0.2, -0.15) is 0 Å². The molecule has 0 aliphatic carbocycles. The Morgan fingerprint density at radius 1 is 1.11 bits per heavy atom. The number of nitrogens with zero attached hydrogens (tertiary/aromatic N) is 3. The Morgan fingerprint density at radius 3 is 2.44 bits per heavy atom. The molecular formula is C19H19ClN4O3. The molecule has 27 heavy (non-hydrogen) atoms. The molecule has 0 aliphatic rings. The van der Waals surface area contributed by atoms with Crippen molar-refractivity contribution in [1.82, 2.24) is 19.4 Å². The molecule has 0 spiro atoms. The van der Waals surface area contributed by atoms with Gasteiger partial charge in [0, 0.05) is 25.2 Å². The Bertz CT molecular complexity index is 1130. The summed E-state index contributed by atoms with van der Waals surface area (Å²) in [6.07, 6.45) is 0.634. The lowest BCUT2D eigenvalue weighted by molar-refractivity contribution is 0.0935. The highest BCUT2D eigenvalue weighted by atomic mass is 35.5. The normalized spacial score (nSPS) is 12.1. The molecule has 0 bridgehead atoms. The molecule has 3 aromatic rings. The van der Waals surface area contributed by atoms with Crippen LogP contribution in [0.4, 0.5) is 0 Å². The Morgan fingerprint density at radius 2 is 1.78 bits per heavy atom. The molecule has 8 heteroatoms. The van der Waals surface area contributed by atoms with Gasteiger partial charge in [-0.1, -0.05) is 23.7 Å². The number of nitrogens with one attached hydrogen (secondary N) is 1. The molecule has 1 atom stereocenters. The van der Waals surface area contributed by atoms with Gasteiger partial charge in [-0.05, 0) is 43.2 Å². The van der Waals surface area contributed by atoms with E-state index >= 15 is 0 Å². The second-order valence-corrected chi connectivity index (χ2v) is 6.91. The average Bonchev–Trinajstić information content (AvgIpc) is 2.66. The smallest absolute Gasteiger partial charge is 0.332 e. The molecular weight excluding hydrogens is 368 g/mol. The van der Waals surface area contributed by atoms with Crippen LogP contribution in [0.25, 0.3) is 11.0 Å². The van der Waals surface area contributed by atoms with Crippen LogP contribution in [0.5, 0.6) is 0 Å². The molecule has 0 aliphatic heterocycles. The molecule has 0 radical (unpaired) electrons. The highest BCUT2D eigenvalue weighted by molar-refractivity contribution is 6.30. The summed E-state index contributed by atoms with van der Waals surface area (Å²) < 4.78 is 2.27. The van der Waals surface area contributed by atoms with Crippen LogP contribution >= 0.6 is 11.6 Å². The minimum atomic E-state index is -0.492. The number of rotatable bonds is 4. The van der Waals surface area contributed by atoms with Crippen molar-refractivity contribution in [3.63, 3.8) is 0 Å². The van der Waals surface area contributed by atoms with Crippen LogP contribution < -0.4 is 16.6 Å². The maximum Gasteiger partial charge on any atom is 0.332 e. The predicted molar refractivity (Wildman–Crippen MR) is 104 cm³/mol. The number of pyridine rings is 1. The highest BCUT2D eigenvalue weighted by Crippen LogP contribution is 2.11. The lowest BCUT2D eigenvalue weighted by Gasteiger charge is -2.14. The number of benzene rings is 1. The Labute approximate surface area is 160 Å². The standard InChI is InChI=1S/C19H19ClN4O3/c1-11(10-12-4-6-13(20)7-5-12)21-17(25)15-9-8-14-16(22-15)23(2)19(27)24(3)18(14)26/h4-9,11H,10H2,1-3H3,(H,21,25)/t11-/m0/s1. The van der Waals surface area contributed by atoms with Gasteiger partial charge in [0.25, 0.3) is 11.5 Å². The van der Waals surface area contributed by atoms with Gasteiger partial charge >= 0.3 is 5.69 Å². The maximum atomic E-state index is 12.5. The van der Waals surface area contributed by atoms with Crippen LogP contribution in [-0.2, 0) is 20.5 Å². The Balaban J connectivity index is 1.84. The van der Waals surface area contributed by atoms with Crippen LogP contribution in [0.1, 0.15) is 23.0 Å². The van der Waals surface area contributed by atoms with E-state index in [1.807, 2.05) is 19.1 Å². The number of carbonyl (C=O) groups excluding carboxylic acids is 1. The van der Waals surface area contributed by atoms with E-state index in [9.17, 15) is 14.4 Å². The minimum absolute atomic E-state index is 0.136. The molecule has 3 rings (SSSR count). The van der Waals surface area contributed by atoms with Crippen molar-refractivity contribution in [3.8, 4) is 0 Å². The first-order chi connectivity index (χ1) is 12.8. The zero-order valence-electron chi connectivity index (χ0n) is 15.2. The maximum absolute atomic E-state index is 12.5. The van der Waals surface area contributed by atoms with E-state index in [-0.39, 0.29) is 28.7 Å². The summed E-state index contributed by atoms with van der Waals surface area (Å²) in [6, 6.07) is 10.3. The fourth-order valence-corrected chi connectivity index (χ4v) is 3.03. The van der Waals surface area contributed by atoms with Gasteiger partial charge in [-0.3, -0.25) is 18.7 Å². The number of halogens is 1. The quantitative estimate of drug-likeness (QED) is 0.738. The van der Waals surface area contributed by atoms with Crippen molar-refractivity contribution < 1.29 is 4.79 Å². The lowest BCUT2D eigenvalue weighted by atomic mass is 10.1. The zero-order valence-corrected chi connectivity index (χ0v) is 15.9. The van der Waals surface area contributed by atoms with E-state index in [1.54, 1.807) is 12.1 Å². The summed E-state index contributed by atoms with van der Waals surface area (Å²) in [5.74, 6) is -0.369. The first-order valence-electron chi connectivity index (χ1n) is 8.40. The van der Waals surface area contributed by atoms with Crippen molar-refractivity contribution >= 4 is 28.5 Å². The van der Waals surface area contributed by atoms with Gasteiger partial charge in [-0.25, -0.2) is 9.78 Å². The molecule has 0 saturated carbocycles. The molecule has 0 saturated heterocycles. The van der Waals surface area contributed by atoms with Crippen molar-refractivity contribution in [2.75, 3.05) is 0 Å². The van der Waals surface area contributed by atoms with Gasteiger partial charge < -0.3 is 5.32 Å². The fourth-order valence-electron chi connectivity index (χ4n) is 2.90. The van der Waals surface area contributed by atoms with Crippen LogP contribution in [-0.4, -0.2) is 26.1 Å². The lowest BCUT2D eigenvalue weighted by Crippen LogP contribution is -2.38. The zero-order chi connectivity index (χ0) is 19.7. The van der Waals surface area contributed by atoms with Crippen molar-refractivity contribution in [1.29, 1.82) is 0 Å². The third kappa shape index (κ3) is 3.78. The van der Waals surface area contributed by atoms with Gasteiger partial charge in [0.1, 0.15) is 11.3 Å². The molecule has 2 heterocycles. The van der Waals surface area contributed by atoms with Crippen LogP contribution in [0.2, 0.25) is 5.02 Å². The molecule has 1 aromatic carbocycles. The summed E-state index contributed by atoms with van der Waals surface area (Å²) in [5, 5.41) is 3.82. The van der Waals surface area contributed by atoms with E-state index in [2.05, 4.69) is 10.3 Å². The van der Waals surface area contributed by atoms with Gasteiger partial charge in [-0.15, -0.1) is 0 Å². The molecule has 140 valence electrons. The van der Waals surface area contributed by atoms with Crippen LogP contribution in [0.3, 0.4) is 0 Å². The predicted octanol–water partition coefficient (Wildman–Crippen LogP) is 1.65. The van der Waals surface area contributed by atoms with Crippen molar-refractivity contribution in [2.45, 2.75) is 19.4 Å². The summed E-state index contributed by atoms with van der Waals surface area (Å²) in [4.78, 5) is 41.0. The first-order valence-corrected chi connectivity index (χ1v) is 8.78. The summed E-state index contributed by atoms with van der Waals surface area (Å²) >= 11 is 5.88. The molecule has 1 N–H and O–H groups in total. The van der Waals surface area contributed by atoms with Gasteiger partial charge in [0.15, 0.2) is 0 Å². The Hall–Kier alpha value is -2.93. The molecule has 2 aromatic heterocycles. The number of amides is 1. The first kappa shape index (κ1) is 18.8. The fraction of sp³-hybridized carbons (Fsp3) is 0.263. The summed E-state index contributed by atoms with van der Waals surface area (Å²) in [7, 11) is 2.92. The summed E-state index contributed by atoms with van der Waals surface area (Å²) in [6.45, 7) is 1.89. The second-order valence-electron chi connectivity index (χ2n) is 6.48. The molecule has 7 nitrogen and oxygen atoms in total. The molecule has 0 unspecified atom stereocenters. The largest absolute Gasteiger partial charge is 0.348 e. The third-order valence-electron chi connectivity index (χ3n) is 4.37. The number of hydrogen-bond acceptors (Lipinski definition) is 4. The van der Waals surface area contributed by atoms with E-state index in [0.717, 1.165) is 10.1 Å². The minimum Gasteiger partial charge on any atom is -0.348 e. The number of hydrogen-bond donors (Lipinski definition) is 1. The van der Waals surface area contributed by atoms with E-state index in [0.29, 0.717) is 11.4 Å². The number of fused-ring (bicyclic) bond motifs is 1. The highest BCUT2D eigenvalue weighted by Gasteiger charge is 2.15. The van der Waals surface area contributed by atoms with Gasteiger partial charge in [0.05, 0.1) is 5.39 Å². The van der Waals surface area contributed by atoms with Crippen LogP contribution in [0.15, 0.2) is 46.0 Å². The third-order valence-corrected chi connectivity index (χ3v) is 4.62. The number of carbonyl (C=O) groups is 1. The van der Waals surface area contributed by atoms with Crippen molar-refractivity contribution in [2.24, 2.45) is 14.1 Å². The monoisotopic (exact) mass is 386 g/mol.